The molecular formula is C18H30N6S. The van der Waals surface area contributed by atoms with Crippen molar-refractivity contribution in [3.05, 3.63) is 6.07 Å². The lowest BCUT2D eigenvalue weighted by molar-refractivity contribution is 0.355. The van der Waals surface area contributed by atoms with Crippen molar-refractivity contribution in [2.75, 3.05) is 48.3 Å². The zero-order valence-corrected chi connectivity index (χ0v) is 16.4. The molecule has 0 saturated carbocycles. The average Bonchev–Trinajstić information content (AvgIpc) is 2.61. The van der Waals surface area contributed by atoms with Gasteiger partial charge in [-0.1, -0.05) is 13.8 Å². The highest BCUT2D eigenvalue weighted by molar-refractivity contribution is 7.80. The Hall–Kier alpha value is -1.63. The molecule has 2 fully saturated rings. The molecule has 1 aromatic heterocycles. The molecule has 138 valence electrons. The predicted molar refractivity (Wildman–Crippen MR) is 109 cm³/mol. The van der Waals surface area contributed by atoms with Crippen LogP contribution in [0.4, 0.5) is 17.6 Å². The van der Waals surface area contributed by atoms with Crippen molar-refractivity contribution in [2.45, 2.75) is 39.5 Å². The van der Waals surface area contributed by atoms with Crippen molar-refractivity contribution in [3.8, 4) is 0 Å². The Labute approximate surface area is 156 Å². The van der Waals surface area contributed by atoms with Crippen LogP contribution in [-0.2, 0) is 0 Å². The van der Waals surface area contributed by atoms with Crippen LogP contribution in [0, 0.1) is 11.8 Å². The predicted octanol–water partition coefficient (Wildman–Crippen LogP) is 2.87. The van der Waals surface area contributed by atoms with Gasteiger partial charge in [-0.25, -0.2) is 0 Å². The molecule has 0 bridgehead atoms. The lowest BCUT2D eigenvalue weighted by Crippen LogP contribution is -2.39. The van der Waals surface area contributed by atoms with Crippen LogP contribution in [0.3, 0.4) is 0 Å². The molecule has 0 spiro atoms. The monoisotopic (exact) mass is 362 g/mol. The number of nitrogens with zero attached hydrogens (tertiary/aromatic N) is 4. The highest BCUT2D eigenvalue weighted by Crippen LogP contribution is 2.29. The maximum atomic E-state index is 5.24. The number of aromatic nitrogens is 2. The van der Waals surface area contributed by atoms with Gasteiger partial charge in [-0.2, -0.15) is 9.97 Å². The van der Waals surface area contributed by atoms with E-state index in [2.05, 4.69) is 40.3 Å². The molecule has 0 amide bonds. The summed E-state index contributed by atoms with van der Waals surface area (Å²) in [5, 5.41) is 6.60. The molecule has 6 nitrogen and oxygen atoms in total. The van der Waals surface area contributed by atoms with Crippen molar-refractivity contribution in [1.29, 1.82) is 0 Å². The van der Waals surface area contributed by atoms with Gasteiger partial charge in [0.25, 0.3) is 0 Å². The number of hydrogen-bond donors (Lipinski definition) is 2. The second-order valence-corrected chi connectivity index (χ2v) is 7.92. The van der Waals surface area contributed by atoms with Crippen molar-refractivity contribution in [1.82, 2.24) is 15.3 Å². The van der Waals surface area contributed by atoms with E-state index in [1.807, 2.05) is 0 Å². The minimum atomic E-state index is 0.544. The highest BCUT2D eigenvalue weighted by atomic mass is 32.1. The summed E-state index contributed by atoms with van der Waals surface area (Å²) in [6, 6.07) is 2.16. The van der Waals surface area contributed by atoms with Gasteiger partial charge in [-0.15, -0.1) is 0 Å². The normalized spacial score (nSPS) is 24.1. The topological polar surface area (TPSA) is 56.3 Å². The molecule has 7 heteroatoms. The Balaban J connectivity index is 1.89. The summed E-state index contributed by atoms with van der Waals surface area (Å²) in [5.74, 6) is 3.98. The zero-order valence-electron chi connectivity index (χ0n) is 15.6. The minimum absolute atomic E-state index is 0.544. The van der Waals surface area contributed by atoms with Crippen LogP contribution in [-0.4, -0.2) is 48.3 Å². The molecule has 0 radical (unpaired) electrons. The SMILES string of the molecule is CNC(=S)Nc1nc(N2CCCCC2)cc(N2C[C@@H](C)C[C@H](C)C2)n1. The van der Waals surface area contributed by atoms with Gasteiger partial charge in [0, 0.05) is 39.3 Å². The summed E-state index contributed by atoms with van der Waals surface area (Å²) >= 11 is 5.24. The lowest BCUT2D eigenvalue weighted by atomic mass is 9.92. The van der Waals surface area contributed by atoms with Crippen LogP contribution in [0.1, 0.15) is 39.5 Å². The molecule has 2 N–H and O–H groups in total. The second-order valence-electron chi connectivity index (χ2n) is 7.51. The van der Waals surface area contributed by atoms with Gasteiger partial charge in [0.05, 0.1) is 0 Å². The first-order chi connectivity index (χ1) is 12.0. The van der Waals surface area contributed by atoms with E-state index in [4.69, 9.17) is 22.2 Å². The molecule has 0 aromatic carbocycles. The first-order valence-corrected chi connectivity index (χ1v) is 9.83. The first-order valence-electron chi connectivity index (χ1n) is 9.43. The molecule has 3 rings (SSSR count). The van der Waals surface area contributed by atoms with Gasteiger partial charge in [0.2, 0.25) is 5.95 Å². The number of nitrogens with one attached hydrogen (secondary N) is 2. The van der Waals surface area contributed by atoms with Crippen molar-refractivity contribution in [3.63, 3.8) is 0 Å². The smallest absolute Gasteiger partial charge is 0.232 e. The van der Waals surface area contributed by atoms with E-state index < -0.39 is 0 Å². The third-order valence-corrected chi connectivity index (χ3v) is 5.33. The van der Waals surface area contributed by atoms with E-state index in [0.717, 1.165) is 37.8 Å². The summed E-state index contributed by atoms with van der Waals surface area (Å²) in [6.45, 7) is 8.89. The highest BCUT2D eigenvalue weighted by Gasteiger charge is 2.24. The van der Waals surface area contributed by atoms with Crippen LogP contribution in [0.15, 0.2) is 6.07 Å². The number of hydrogen-bond acceptors (Lipinski definition) is 5. The maximum absolute atomic E-state index is 5.24. The number of piperidine rings is 2. The number of anilines is 3. The molecule has 0 aliphatic carbocycles. The molecule has 2 saturated heterocycles. The molecule has 2 aliphatic rings. The number of rotatable bonds is 3. The Morgan fingerprint density at radius 3 is 2.24 bits per heavy atom. The Morgan fingerprint density at radius 1 is 1.04 bits per heavy atom. The lowest BCUT2D eigenvalue weighted by Gasteiger charge is -2.36. The standard InChI is InChI=1S/C18H30N6S/c1-13-9-14(2)12-24(11-13)16-10-15(23-7-5-4-6-8-23)20-17(21-16)22-18(25)19-3/h10,13-14H,4-9,11-12H2,1-3H3,(H2,19,20,21,22,25)/t13-,14-/m0/s1. The van der Waals surface area contributed by atoms with Crippen LogP contribution in [0.5, 0.6) is 0 Å². The Bertz CT molecular complexity index is 591. The van der Waals surface area contributed by atoms with Crippen LogP contribution >= 0.6 is 12.2 Å². The van der Waals surface area contributed by atoms with Gasteiger partial charge >= 0.3 is 0 Å². The summed E-state index contributed by atoms with van der Waals surface area (Å²) in [7, 11) is 1.80. The van der Waals surface area contributed by atoms with E-state index in [0.29, 0.717) is 22.9 Å². The third kappa shape index (κ3) is 4.71. The summed E-state index contributed by atoms with van der Waals surface area (Å²) in [6.07, 6.45) is 5.06. The fraction of sp³-hybridized carbons (Fsp3) is 0.722. The fourth-order valence-electron chi connectivity index (χ4n) is 3.94. The van der Waals surface area contributed by atoms with Crippen LogP contribution in [0.2, 0.25) is 0 Å². The van der Waals surface area contributed by atoms with Gasteiger partial charge in [0.1, 0.15) is 11.6 Å². The molecule has 2 aliphatic heterocycles. The fourth-order valence-corrected chi connectivity index (χ4v) is 4.03. The van der Waals surface area contributed by atoms with Gasteiger partial charge in [-0.05, 0) is 49.7 Å². The summed E-state index contributed by atoms with van der Waals surface area (Å²) in [5.41, 5.74) is 0. The Kier molecular flexibility index (Phi) is 5.93. The van der Waals surface area contributed by atoms with E-state index in [1.165, 1.54) is 25.7 Å². The first kappa shape index (κ1) is 18.2. The average molecular weight is 363 g/mol. The van der Waals surface area contributed by atoms with Crippen LogP contribution < -0.4 is 20.4 Å². The van der Waals surface area contributed by atoms with E-state index in [1.54, 1.807) is 7.05 Å². The third-order valence-electron chi connectivity index (χ3n) is 5.02. The van der Waals surface area contributed by atoms with Crippen molar-refractivity contribution >= 4 is 34.9 Å². The molecule has 25 heavy (non-hydrogen) atoms. The molecular weight excluding hydrogens is 332 g/mol. The molecule has 1 aromatic rings. The van der Waals surface area contributed by atoms with E-state index in [-0.39, 0.29) is 0 Å². The van der Waals surface area contributed by atoms with E-state index >= 15 is 0 Å². The van der Waals surface area contributed by atoms with Crippen molar-refractivity contribution < 1.29 is 0 Å². The van der Waals surface area contributed by atoms with E-state index in [9.17, 15) is 0 Å². The molecule has 0 unspecified atom stereocenters. The van der Waals surface area contributed by atoms with Gasteiger partial charge < -0.3 is 20.4 Å². The quantitative estimate of drug-likeness (QED) is 0.802. The number of thiocarbonyl (C=S) groups is 1. The van der Waals surface area contributed by atoms with Gasteiger partial charge in [-0.3, -0.25) is 0 Å². The zero-order chi connectivity index (χ0) is 17.8. The van der Waals surface area contributed by atoms with Crippen LogP contribution in [0.25, 0.3) is 0 Å². The summed E-state index contributed by atoms with van der Waals surface area (Å²) in [4.78, 5) is 14.3. The minimum Gasteiger partial charge on any atom is -0.365 e. The Morgan fingerprint density at radius 2 is 1.64 bits per heavy atom. The second kappa shape index (κ2) is 8.17. The largest absolute Gasteiger partial charge is 0.365 e. The molecule has 2 atom stereocenters. The molecule has 3 heterocycles. The maximum Gasteiger partial charge on any atom is 0.232 e. The van der Waals surface area contributed by atoms with Crippen molar-refractivity contribution in [2.24, 2.45) is 11.8 Å². The summed E-state index contributed by atoms with van der Waals surface area (Å²) < 4.78 is 0. The van der Waals surface area contributed by atoms with Gasteiger partial charge in [0.15, 0.2) is 5.11 Å².